The normalized spacial score (nSPS) is 12.6. The molecule has 2 atom stereocenters. The van der Waals surface area contributed by atoms with Crippen LogP contribution in [-0.2, 0) is 24.2 Å². The molecule has 41 heavy (non-hydrogen) atoms. The molecular weight excluding hydrogens is 532 g/mol. The van der Waals surface area contributed by atoms with Gasteiger partial charge in [0.2, 0.25) is 0 Å². The van der Waals surface area contributed by atoms with Crippen LogP contribution in [0.25, 0.3) is 5.69 Å². The zero-order valence-corrected chi connectivity index (χ0v) is 22.6. The molecule has 0 aliphatic rings. The van der Waals surface area contributed by atoms with Gasteiger partial charge >= 0.3 is 0 Å². The second-order valence-corrected chi connectivity index (χ2v) is 9.83. The number of aliphatic hydroxyl groups excluding tert-OH is 1. The minimum atomic E-state index is -1.18. The van der Waals surface area contributed by atoms with Crippen LogP contribution in [0.3, 0.4) is 0 Å². The summed E-state index contributed by atoms with van der Waals surface area (Å²) in [6, 6.07) is 19.1. The van der Waals surface area contributed by atoms with E-state index in [1.165, 1.54) is 21.6 Å². The molecule has 0 spiro atoms. The van der Waals surface area contributed by atoms with Crippen LogP contribution in [0.15, 0.2) is 78.9 Å². The number of carbonyl (C=O) groups excluding carboxylic acids is 1. The summed E-state index contributed by atoms with van der Waals surface area (Å²) in [6.45, 7) is 1.77. The summed E-state index contributed by atoms with van der Waals surface area (Å²) < 4.78 is 34.2. The molecule has 1 aromatic heterocycles. The maximum atomic E-state index is 13.6. The van der Waals surface area contributed by atoms with Crippen molar-refractivity contribution in [2.45, 2.75) is 38.5 Å². The van der Waals surface area contributed by atoms with E-state index in [1.807, 2.05) is 31.2 Å². The number of aryl methyl sites for hydroxylation is 1. The van der Waals surface area contributed by atoms with Gasteiger partial charge in [0.25, 0.3) is 5.91 Å². The van der Waals surface area contributed by atoms with Crippen LogP contribution in [0.5, 0.6) is 17.5 Å². The van der Waals surface area contributed by atoms with E-state index in [2.05, 4.69) is 0 Å². The number of rotatable bonds is 12. The summed E-state index contributed by atoms with van der Waals surface area (Å²) in [5.41, 5.74) is 8.93. The second-order valence-electron chi connectivity index (χ2n) is 9.83. The molecule has 4 rings (SSSR count). The molecule has 0 saturated carbocycles. The highest BCUT2D eigenvalue weighted by atomic mass is 19.1. The lowest BCUT2D eigenvalue weighted by Gasteiger charge is -2.28. The van der Waals surface area contributed by atoms with Crippen LogP contribution < -0.4 is 10.5 Å². The van der Waals surface area contributed by atoms with Gasteiger partial charge in [-0.2, -0.15) is 0 Å². The smallest absolute Gasteiger partial charge is 0.260 e. The molecule has 216 valence electrons. The van der Waals surface area contributed by atoms with Gasteiger partial charge in [0.1, 0.15) is 17.4 Å². The number of nitrogens with zero attached hydrogens (tertiary/aromatic N) is 2. The highest BCUT2D eigenvalue weighted by molar-refractivity contribution is 5.78. The average molecular weight is 566 g/mol. The van der Waals surface area contributed by atoms with Gasteiger partial charge < -0.3 is 30.7 Å². The van der Waals surface area contributed by atoms with Crippen molar-refractivity contribution in [1.29, 1.82) is 0 Å². The molecular formula is C31H33F2N3O5. The Kier molecular flexibility index (Phi) is 9.59. The van der Waals surface area contributed by atoms with Gasteiger partial charge in [-0.1, -0.05) is 31.2 Å². The van der Waals surface area contributed by atoms with Gasteiger partial charge in [0.05, 0.1) is 11.8 Å². The standard InChI is InChI=1S/C31H33F2N3O5/c1-2-20-4-3-5-21(12-20)17-35(18-28(37)27(34)15-22-13-23(32)16-24(33)14-22)31(40)19-41-26-8-6-25(7-9-26)36-29(38)10-11-30(36)39/h3-14,16,27-28,37-39H,2,15,17-19,34H2,1H3. The summed E-state index contributed by atoms with van der Waals surface area (Å²) >= 11 is 0. The lowest BCUT2D eigenvalue weighted by molar-refractivity contribution is -0.135. The number of aromatic nitrogens is 1. The van der Waals surface area contributed by atoms with Crippen LogP contribution in [-0.4, -0.2) is 56.0 Å². The molecule has 0 radical (unpaired) electrons. The first-order valence-corrected chi connectivity index (χ1v) is 13.2. The Morgan fingerprint density at radius 1 is 0.927 bits per heavy atom. The number of aromatic hydroxyl groups is 2. The first kappa shape index (κ1) is 29.6. The summed E-state index contributed by atoms with van der Waals surface area (Å²) in [6.07, 6.45) is -0.351. The third-order valence-electron chi connectivity index (χ3n) is 6.72. The van der Waals surface area contributed by atoms with Crippen molar-refractivity contribution in [3.8, 4) is 23.2 Å². The number of halogens is 2. The highest BCUT2D eigenvalue weighted by Gasteiger charge is 2.24. The lowest BCUT2D eigenvalue weighted by atomic mass is 10.0. The van der Waals surface area contributed by atoms with Crippen molar-refractivity contribution in [2.24, 2.45) is 5.73 Å². The second kappa shape index (κ2) is 13.3. The number of nitrogens with two attached hydrogens (primary N) is 1. The predicted molar refractivity (Wildman–Crippen MR) is 150 cm³/mol. The maximum absolute atomic E-state index is 13.6. The monoisotopic (exact) mass is 565 g/mol. The SMILES string of the molecule is CCc1cccc(CN(CC(O)C(N)Cc2cc(F)cc(F)c2)C(=O)COc2ccc(-n3c(O)ccc3O)cc2)c1. The number of hydrogen-bond acceptors (Lipinski definition) is 6. The highest BCUT2D eigenvalue weighted by Crippen LogP contribution is 2.27. The Balaban J connectivity index is 1.45. The fraction of sp³-hybridized carbons (Fsp3) is 0.258. The summed E-state index contributed by atoms with van der Waals surface area (Å²) in [4.78, 5) is 14.7. The molecule has 0 aliphatic heterocycles. The van der Waals surface area contributed by atoms with E-state index in [0.29, 0.717) is 17.0 Å². The third kappa shape index (κ3) is 7.84. The first-order chi connectivity index (χ1) is 19.6. The molecule has 0 saturated heterocycles. The number of aliphatic hydroxyl groups is 1. The van der Waals surface area contributed by atoms with Gasteiger partial charge in [0.15, 0.2) is 18.4 Å². The molecule has 0 bridgehead atoms. The minimum absolute atomic E-state index is 0.0124. The van der Waals surface area contributed by atoms with E-state index in [9.17, 15) is 28.9 Å². The number of ether oxygens (including phenoxy) is 1. The van der Waals surface area contributed by atoms with Gasteiger partial charge in [-0.15, -0.1) is 0 Å². The van der Waals surface area contributed by atoms with Crippen molar-refractivity contribution in [3.05, 3.63) is 107 Å². The van der Waals surface area contributed by atoms with Crippen LogP contribution in [0.4, 0.5) is 8.78 Å². The number of amides is 1. The van der Waals surface area contributed by atoms with Gasteiger partial charge in [0, 0.05) is 37.3 Å². The molecule has 0 aliphatic carbocycles. The van der Waals surface area contributed by atoms with Gasteiger partial charge in [-0.25, -0.2) is 8.78 Å². The summed E-state index contributed by atoms with van der Waals surface area (Å²) in [5.74, 6) is -1.75. The zero-order valence-electron chi connectivity index (χ0n) is 22.6. The van der Waals surface area contributed by atoms with Crippen LogP contribution in [0.1, 0.15) is 23.6 Å². The fourth-order valence-electron chi connectivity index (χ4n) is 4.53. The van der Waals surface area contributed by atoms with Crippen molar-refractivity contribution >= 4 is 5.91 Å². The molecule has 1 heterocycles. The molecule has 8 nitrogen and oxygen atoms in total. The topological polar surface area (TPSA) is 121 Å². The molecule has 3 aromatic carbocycles. The Morgan fingerprint density at radius 2 is 1.56 bits per heavy atom. The Morgan fingerprint density at radius 3 is 2.20 bits per heavy atom. The Labute approximate surface area is 236 Å². The third-order valence-corrected chi connectivity index (χ3v) is 6.72. The molecule has 5 N–H and O–H groups in total. The van der Waals surface area contributed by atoms with E-state index in [1.54, 1.807) is 24.3 Å². The molecule has 2 unspecified atom stereocenters. The van der Waals surface area contributed by atoms with E-state index in [-0.39, 0.29) is 37.9 Å². The lowest BCUT2D eigenvalue weighted by Crippen LogP contribution is -2.47. The molecule has 4 aromatic rings. The minimum Gasteiger partial charge on any atom is -0.494 e. The van der Waals surface area contributed by atoms with Crippen LogP contribution >= 0.6 is 0 Å². The Hall–Kier alpha value is -4.41. The summed E-state index contributed by atoms with van der Waals surface area (Å²) in [5, 5.41) is 30.7. The van der Waals surface area contributed by atoms with Crippen LogP contribution in [0, 0.1) is 11.6 Å². The quantitative estimate of drug-likeness (QED) is 0.206. The van der Waals surface area contributed by atoms with Gasteiger partial charge in [-0.3, -0.25) is 9.36 Å². The molecule has 0 fully saturated rings. The van der Waals surface area contributed by atoms with Crippen LogP contribution in [0.2, 0.25) is 0 Å². The number of benzene rings is 3. The average Bonchev–Trinajstić information content (AvgIpc) is 3.28. The molecule has 1 amide bonds. The van der Waals surface area contributed by atoms with E-state index < -0.39 is 29.7 Å². The van der Waals surface area contributed by atoms with Crippen molar-refractivity contribution in [2.75, 3.05) is 13.2 Å². The Bertz CT molecular complexity index is 1440. The van der Waals surface area contributed by atoms with E-state index in [0.717, 1.165) is 35.7 Å². The van der Waals surface area contributed by atoms with E-state index >= 15 is 0 Å². The van der Waals surface area contributed by atoms with Crippen molar-refractivity contribution in [3.63, 3.8) is 0 Å². The fourth-order valence-corrected chi connectivity index (χ4v) is 4.53. The predicted octanol–water partition coefficient (Wildman–Crippen LogP) is 4.07. The first-order valence-electron chi connectivity index (χ1n) is 13.2. The van der Waals surface area contributed by atoms with Gasteiger partial charge in [-0.05, 0) is 65.9 Å². The molecule has 10 heteroatoms. The largest absolute Gasteiger partial charge is 0.494 e. The number of hydrogen-bond donors (Lipinski definition) is 4. The number of carbonyl (C=O) groups is 1. The van der Waals surface area contributed by atoms with E-state index in [4.69, 9.17) is 10.5 Å². The zero-order chi connectivity index (χ0) is 29.5. The van der Waals surface area contributed by atoms with Crippen molar-refractivity contribution in [1.82, 2.24) is 9.47 Å². The van der Waals surface area contributed by atoms with Crippen molar-refractivity contribution < 1.29 is 33.6 Å². The summed E-state index contributed by atoms with van der Waals surface area (Å²) in [7, 11) is 0. The maximum Gasteiger partial charge on any atom is 0.260 e.